The maximum absolute atomic E-state index is 6.24. The lowest BCUT2D eigenvalue weighted by Gasteiger charge is -2.14. The van der Waals surface area contributed by atoms with E-state index in [-0.39, 0.29) is 0 Å². The predicted octanol–water partition coefficient (Wildman–Crippen LogP) is 4.12. The molecule has 5 heteroatoms. The van der Waals surface area contributed by atoms with Gasteiger partial charge in [0.25, 0.3) is 0 Å². The van der Waals surface area contributed by atoms with Crippen LogP contribution in [0.15, 0.2) is 36.5 Å². The molecule has 1 aromatic carbocycles. The van der Waals surface area contributed by atoms with Crippen LogP contribution in [0.3, 0.4) is 0 Å². The fraction of sp³-hybridized carbons (Fsp3) is 0.312. The predicted molar refractivity (Wildman–Crippen MR) is 87.3 cm³/mol. The van der Waals surface area contributed by atoms with E-state index in [1.807, 2.05) is 31.2 Å². The number of benzene rings is 1. The summed E-state index contributed by atoms with van der Waals surface area (Å²) in [4.78, 5) is 4.27. The van der Waals surface area contributed by atoms with Gasteiger partial charge in [-0.05, 0) is 30.8 Å². The Hall–Kier alpha value is -1.29. The number of hydrogen-bond donors (Lipinski definition) is 1. The van der Waals surface area contributed by atoms with Crippen molar-refractivity contribution in [3.05, 3.63) is 57.8 Å². The second-order valence-electron chi connectivity index (χ2n) is 4.58. The minimum Gasteiger partial charge on any atom is -0.491 e. The largest absolute Gasteiger partial charge is 0.491 e. The molecule has 0 radical (unpaired) electrons. The highest BCUT2D eigenvalue weighted by atomic mass is 35.5. The second-order valence-corrected chi connectivity index (χ2v) is 5.42. The maximum atomic E-state index is 6.24. The van der Waals surface area contributed by atoms with Crippen LogP contribution in [0.25, 0.3) is 0 Å². The van der Waals surface area contributed by atoms with E-state index in [0.29, 0.717) is 28.9 Å². The molecule has 0 atom stereocenters. The lowest BCUT2D eigenvalue weighted by molar-refractivity contribution is 0.316. The molecule has 0 unspecified atom stereocenters. The highest BCUT2D eigenvalue weighted by Gasteiger charge is 2.10. The van der Waals surface area contributed by atoms with Gasteiger partial charge in [-0.25, -0.2) is 0 Å². The normalized spacial score (nSPS) is 10.6. The molecule has 0 fully saturated rings. The molecule has 1 heterocycles. The molecule has 1 aromatic heterocycles. The fourth-order valence-corrected chi connectivity index (χ4v) is 2.56. The molecule has 3 nitrogen and oxygen atoms in total. The molecule has 0 saturated carbocycles. The standard InChI is InChI=1S/C16H18Cl2N2O/c1-2-19-11-12-9-13(17)10-15(18)16(12)21-8-6-14-5-3-4-7-20-14/h3-5,7,9-10,19H,2,6,8,11H2,1H3. The SMILES string of the molecule is CCNCc1cc(Cl)cc(Cl)c1OCCc1ccccn1. The first-order valence-electron chi connectivity index (χ1n) is 6.92. The van der Waals surface area contributed by atoms with E-state index in [2.05, 4.69) is 10.3 Å². The van der Waals surface area contributed by atoms with Gasteiger partial charge in [-0.15, -0.1) is 0 Å². The van der Waals surface area contributed by atoms with Crippen LogP contribution in [0.1, 0.15) is 18.2 Å². The highest BCUT2D eigenvalue weighted by molar-refractivity contribution is 6.35. The molecule has 0 amide bonds. The van der Waals surface area contributed by atoms with E-state index >= 15 is 0 Å². The quantitative estimate of drug-likeness (QED) is 0.831. The number of pyridine rings is 1. The van der Waals surface area contributed by atoms with Gasteiger partial charge < -0.3 is 10.1 Å². The Kier molecular flexibility index (Phi) is 6.30. The van der Waals surface area contributed by atoms with E-state index in [1.165, 1.54) is 0 Å². The topological polar surface area (TPSA) is 34.1 Å². The van der Waals surface area contributed by atoms with Crippen LogP contribution in [0.2, 0.25) is 10.0 Å². The summed E-state index contributed by atoms with van der Waals surface area (Å²) in [6.07, 6.45) is 2.52. The van der Waals surface area contributed by atoms with Gasteiger partial charge in [0.15, 0.2) is 0 Å². The third-order valence-corrected chi connectivity index (χ3v) is 3.48. The molecule has 0 spiro atoms. The molecule has 2 aromatic rings. The van der Waals surface area contributed by atoms with Crippen molar-refractivity contribution in [3.8, 4) is 5.75 Å². The van der Waals surface area contributed by atoms with Gasteiger partial charge in [0.1, 0.15) is 5.75 Å². The van der Waals surface area contributed by atoms with Crippen LogP contribution in [-0.2, 0) is 13.0 Å². The summed E-state index contributed by atoms with van der Waals surface area (Å²) < 4.78 is 5.85. The second kappa shape index (κ2) is 8.23. The first kappa shape index (κ1) is 16.1. The summed E-state index contributed by atoms with van der Waals surface area (Å²) in [5, 5.41) is 4.41. The Morgan fingerprint density at radius 2 is 2.10 bits per heavy atom. The van der Waals surface area contributed by atoms with Gasteiger partial charge >= 0.3 is 0 Å². The monoisotopic (exact) mass is 324 g/mol. The molecule has 0 aliphatic heterocycles. The van der Waals surface area contributed by atoms with E-state index in [9.17, 15) is 0 Å². The van der Waals surface area contributed by atoms with E-state index < -0.39 is 0 Å². The molecule has 0 aliphatic rings. The van der Waals surface area contributed by atoms with Gasteiger partial charge in [-0.3, -0.25) is 4.98 Å². The molecule has 112 valence electrons. The van der Waals surface area contributed by atoms with Crippen molar-refractivity contribution in [2.24, 2.45) is 0 Å². The number of rotatable bonds is 7. The van der Waals surface area contributed by atoms with Crippen molar-refractivity contribution in [1.82, 2.24) is 10.3 Å². The average molecular weight is 325 g/mol. The third-order valence-electron chi connectivity index (χ3n) is 2.98. The minimum absolute atomic E-state index is 0.525. The molecule has 1 N–H and O–H groups in total. The van der Waals surface area contributed by atoms with Gasteiger partial charge in [0, 0.05) is 35.4 Å². The molecule has 0 bridgehead atoms. The Labute approximate surface area is 135 Å². The smallest absolute Gasteiger partial charge is 0.142 e. The number of halogens is 2. The average Bonchev–Trinajstić information content (AvgIpc) is 2.48. The molecular formula is C16H18Cl2N2O. The number of nitrogens with one attached hydrogen (secondary N) is 1. The zero-order valence-electron chi connectivity index (χ0n) is 11.9. The van der Waals surface area contributed by atoms with Gasteiger partial charge in [0.05, 0.1) is 11.6 Å². The first-order chi connectivity index (χ1) is 10.2. The van der Waals surface area contributed by atoms with Gasteiger partial charge in [-0.2, -0.15) is 0 Å². The first-order valence-corrected chi connectivity index (χ1v) is 7.67. The zero-order chi connectivity index (χ0) is 15.1. The minimum atomic E-state index is 0.525. The summed E-state index contributed by atoms with van der Waals surface area (Å²) in [5.41, 5.74) is 1.96. The van der Waals surface area contributed by atoms with Crippen LogP contribution < -0.4 is 10.1 Å². The maximum Gasteiger partial charge on any atom is 0.142 e. The number of nitrogens with zero attached hydrogens (tertiary/aromatic N) is 1. The number of aromatic nitrogens is 1. The van der Waals surface area contributed by atoms with E-state index in [1.54, 1.807) is 12.3 Å². The lowest BCUT2D eigenvalue weighted by Crippen LogP contribution is -2.14. The molecular weight excluding hydrogens is 307 g/mol. The summed E-state index contributed by atoms with van der Waals surface area (Å²) >= 11 is 12.3. The molecule has 0 saturated heterocycles. The van der Waals surface area contributed by atoms with Crippen molar-refractivity contribution in [2.45, 2.75) is 19.9 Å². The summed E-state index contributed by atoms with van der Waals surface area (Å²) in [6, 6.07) is 9.43. The van der Waals surface area contributed by atoms with Crippen LogP contribution in [-0.4, -0.2) is 18.1 Å². The fourth-order valence-electron chi connectivity index (χ4n) is 1.97. The zero-order valence-corrected chi connectivity index (χ0v) is 13.4. The van der Waals surface area contributed by atoms with Crippen molar-refractivity contribution >= 4 is 23.2 Å². The highest BCUT2D eigenvalue weighted by Crippen LogP contribution is 2.32. The van der Waals surface area contributed by atoms with Crippen molar-refractivity contribution in [2.75, 3.05) is 13.2 Å². The van der Waals surface area contributed by atoms with Crippen molar-refractivity contribution in [3.63, 3.8) is 0 Å². The summed E-state index contributed by atoms with van der Waals surface area (Å²) in [5.74, 6) is 0.693. The van der Waals surface area contributed by atoms with Crippen LogP contribution in [0, 0.1) is 0 Å². The van der Waals surface area contributed by atoms with E-state index in [0.717, 1.165) is 24.2 Å². The molecule has 21 heavy (non-hydrogen) atoms. The number of ether oxygens (including phenoxy) is 1. The van der Waals surface area contributed by atoms with Crippen molar-refractivity contribution < 1.29 is 4.74 Å². The lowest BCUT2D eigenvalue weighted by atomic mass is 10.2. The van der Waals surface area contributed by atoms with Gasteiger partial charge in [-0.1, -0.05) is 36.2 Å². The Balaban J connectivity index is 2.04. The third kappa shape index (κ3) is 4.88. The van der Waals surface area contributed by atoms with Crippen LogP contribution in [0.5, 0.6) is 5.75 Å². The van der Waals surface area contributed by atoms with Crippen LogP contribution >= 0.6 is 23.2 Å². The summed E-state index contributed by atoms with van der Waals surface area (Å²) in [6.45, 7) is 4.12. The van der Waals surface area contributed by atoms with E-state index in [4.69, 9.17) is 27.9 Å². The Morgan fingerprint density at radius 1 is 1.24 bits per heavy atom. The molecule has 0 aliphatic carbocycles. The number of hydrogen-bond acceptors (Lipinski definition) is 3. The summed E-state index contributed by atoms with van der Waals surface area (Å²) in [7, 11) is 0. The Bertz CT molecular complexity index is 576. The molecule has 2 rings (SSSR count). The van der Waals surface area contributed by atoms with Gasteiger partial charge in [0.2, 0.25) is 0 Å². The van der Waals surface area contributed by atoms with Crippen molar-refractivity contribution in [1.29, 1.82) is 0 Å². The Morgan fingerprint density at radius 3 is 2.81 bits per heavy atom. The van der Waals surface area contributed by atoms with Crippen LogP contribution in [0.4, 0.5) is 0 Å².